The molecule has 1 saturated heterocycles. The Kier molecular flexibility index (Phi) is 6.68. The normalized spacial score (nSPS) is 17.5. The molecule has 0 bridgehead atoms. The van der Waals surface area contributed by atoms with Gasteiger partial charge in [0.1, 0.15) is 0 Å². The quantitative estimate of drug-likeness (QED) is 0.698. The van der Waals surface area contributed by atoms with Crippen molar-refractivity contribution < 1.29 is 9.53 Å². The van der Waals surface area contributed by atoms with Crippen LogP contribution in [0.5, 0.6) is 0 Å². The number of rotatable bonds is 7. The summed E-state index contributed by atoms with van der Waals surface area (Å²) in [5.74, 6) is 1.98. The second-order valence-electron chi connectivity index (χ2n) is 6.69. The van der Waals surface area contributed by atoms with Crippen LogP contribution in [0, 0.1) is 5.92 Å². The Hall–Kier alpha value is -1.86. The Bertz CT molecular complexity index is 720. The maximum absolute atomic E-state index is 12.5. The van der Waals surface area contributed by atoms with Crippen molar-refractivity contribution in [3.63, 3.8) is 0 Å². The van der Waals surface area contributed by atoms with Gasteiger partial charge in [0.15, 0.2) is 11.0 Å². The number of piperidine rings is 1. The number of nitrogens with zero attached hydrogens (tertiary/aromatic N) is 4. The molecule has 26 heavy (non-hydrogen) atoms. The van der Waals surface area contributed by atoms with Crippen molar-refractivity contribution >= 4 is 17.7 Å². The Labute approximate surface area is 158 Å². The summed E-state index contributed by atoms with van der Waals surface area (Å²) in [6.07, 6.45) is 2.31. The van der Waals surface area contributed by atoms with E-state index in [9.17, 15) is 4.79 Å². The van der Waals surface area contributed by atoms with Crippen molar-refractivity contribution in [3.8, 4) is 11.4 Å². The first-order chi connectivity index (χ1) is 12.7. The van der Waals surface area contributed by atoms with Crippen LogP contribution in [0.15, 0.2) is 35.5 Å². The predicted octanol–water partition coefficient (Wildman–Crippen LogP) is 2.94. The smallest absolute Gasteiger partial charge is 0.233 e. The largest absolute Gasteiger partial charge is 0.383 e. The molecule has 140 valence electrons. The zero-order valence-corrected chi connectivity index (χ0v) is 16.2. The van der Waals surface area contributed by atoms with Crippen molar-refractivity contribution in [2.24, 2.45) is 5.92 Å². The van der Waals surface area contributed by atoms with Gasteiger partial charge in [-0.2, -0.15) is 0 Å². The van der Waals surface area contributed by atoms with E-state index in [0.29, 0.717) is 24.8 Å². The standard InChI is InChI=1S/C19H26N4O2S/c1-15-7-6-10-22(13-15)17(24)14-26-19-21-20-18(23(19)11-12-25-2)16-8-4-3-5-9-16/h3-5,8-9,15H,6-7,10-14H2,1-2H3. The molecule has 1 aromatic heterocycles. The van der Waals surface area contributed by atoms with Gasteiger partial charge in [-0.1, -0.05) is 49.0 Å². The highest BCUT2D eigenvalue weighted by atomic mass is 32.2. The highest BCUT2D eigenvalue weighted by Crippen LogP contribution is 2.25. The topological polar surface area (TPSA) is 60.2 Å². The van der Waals surface area contributed by atoms with Crippen molar-refractivity contribution in [2.45, 2.75) is 31.5 Å². The van der Waals surface area contributed by atoms with Gasteiger partial charge in [-0.15, -0.1) is 10.2 Å². The highest BCUT2D eigenvalue weighted by Gasteiger charge is 2.22. The highest BCUT2D eigenvalue weighted by molar-refractivity contribution is 7.99. The van der Waals surface area contributed by atoms with Crippen LogP contribution in [-0.4, -0.2) is 58.1 Å². The lowest BCUT2D eigenvalue weighted by Crippen LogP contribution is -2.40. The number of benzene rings is 1. The minimum Gasteiger partial charge on any atom is -0.383 e. The third-order valence-electron chi connectivity index (χ3n) is 4.60. The van der Waals surface area contributed by atoms with Crippen molar-refractivity contribution in [2.75, 3.05) is 32.6 Å². The van der Waals surface area contributed by atoms with Gasteiger partial charge in [-0.3, -0.25) is 9.36 Å². The zero-order chi connectivity index (χ0) is 18.4. The molecule has 2 aromatic rings. The summed E-state index contributed by atoms with van der Waals surface area (Å²) < 4.78 is 7.27. The SMILES string of the molecule is COCCn1c(SCC(=O)N2CCCC(C)C2)nnc1-c1ccccc1. The Morgan fingerprint density at radius 2 is 2.12 bits per heavy atom. The molecule has 0 saturated carbocycles. The maximum atomic E-state index is 12.5. The molecule has 7 heteroatoms. The van der Waals surface area contributed by atoms with Crippen molar-refractivity contribution in [1.82, 2.24) is 19.7 Å². The fourth-order valence-corrected chi connectivity index (χ4v) is 4.08. The van der Waals surface area contributed by atoms with Gasteiger partial charge in [0.25, 0.3) is 0 Å². The molecule has 0 aliphatic carbocycles. The van der Waals surface area contributed by atoms with E-state index in [1.165, 1.54) is 18.2 Å². The van der Waals surface area contributed by atoms with E-state index in [1.807, 2.05) is 39.8 Å². The minimum atomic E-state index is 0.184. The van der Waals surface area contributed by atoms with Gasteiger partial charge >= 0.3 is 0 Å². The molecule has 1 aliphatic heterocycles. The molecule has 1 atom stereocenters. The molecular weight excluding hydrogens is 348 g/mol. The predicted molar refractivity (Wildman–Crippen MR) is 103 cm³/mol. The van der Waals surface area contributed by atoms with E-state index in [-0.39, 0.29) is 5.91 Å². The van der Waals surface area contributed by atoms with E-state index in [1.54, 1.807) is 7.11 Å². The first kappa shape index (κ1) is 18.9. The van der Waals surface area contributed by atoms with Crippen LogP contribution < -0.4 is 0 Å². The van der Waals surface area contributed by atoms with E-state index < -0.39 is 0 Å². The molecule has 0 radical (unpaired) electrons. The molecule has 1 fully saturated rings. The number of amides is 1. The van der Waals surface area contributed by atoms with Crippen LogP contribution >= 0.6 is 11.8 Å². The van der Waals surface area contributed by atoms with Crippen molar-refractivity contribution in [1.29, 1.82) is 0 Å². The molecule has 1 aromatic carbocycles. The van der Waals surface area contributed by atoms with Gasteiger partial charge in [0.05, 0.1) is 18.9 Å². The average molecular weight is 375 g/mol. The van der Waals surface area contributed by atoms with Gasteiger partial charge < -0.3 is 9.64 Å². The average Bonchev–Trinajstić information content (AvgIpc) is 3.07. The number of hydrogen-bond donors (Lipinski definition) is 0. The first-order valence-corrected chi connectivity index (χ1v) is 10.1. The van der Waals surface area contributed by atoms with E-state index >= 15 is 0 Å². The minimum absolute atomic E-state index is 0.184. The number of likely N-dealkylation sites (tertiary alicyclic amines) is 1. The molecule has 1 unspecified atom stereocenters. The van der Waals surface area contributed by atoms with Gasteiger partial charge in [0, 0.05) is 25.8 Å². The summed E-state index contributed by atoms with van der Waals surface area (Å²) in [7, 11) is 1.68. The number of thioether (sulfide) groups is 1. The summed E-state index contributed by atoms with van der Waals surface area (Å²) >= 11 is 1.46. The monoisotopic (exact) mass is 374 g/mol. The summed E-state index contributed by atoms with van der Waals surface area (Å²) in [5.41, 5.74) is 1.01. The number of carbonyl (C=O) groups is 1. The number of hydrogen-bond acceptors (Lipinski definition) is 5. The van der Waals surface area contributed by atoms with Crippen LogP contribution in [0.25, 0.3) is 11.4 Å². The first-order valence-electron chi connectivity index (χ1n) is 9.07. The summed E-state index contributed by atoms with van der Waals surface area (Å²) in [5, 5.41) is 9.44. The molecule has 0 spiro atoms. The van der Waals surface area contributed by atoms with Crippen molar-refractivity contribution in [3.05, 3.63) is 30.3 Å². The Morgan fingerprint density at radius 3 is 2.85 bits per heavy atom. The lowest BCUT2D eigenvalue weighted by atomic mass is 10.0. The summed E-state index contributed by atoms with van der Waals surface area (Å²) in [6, 6.07) is 9.98. The van der Waals surface area contributed by atoms with Crippen LogP contribution in [0.3, 0.4) is 0 Å². The number of methoxy groups -OCH3 is 1. The number of ether oxygens (including phenoxy) is 1. The van der Waals surface area contributed by atoms with Gasteiger partial charge in [-0.05, 0) is 18.8 Å². The molecule has 1 amide bonds. The van der Waals surface area contributed by atoms with Gasteiger partial charge in [-0.25, -0.2) is 0 Å². The number of carbonyl (C=O) groups excluding carboxylic acids is 1. The molecule has 3 rings (SSSR count). The lowest BCUT2D eigenvalue weighted by Gasteiger charge is -2.30. The van der Waals surface area contributed by atoms with Crippen LogP contribution in [0.4, 0.5) is 0 Å². The van der Waals surface area contributed by atoms with Crippen LogP contribution in [-0.2, 0) is 16.1 Å². The summed E-state index contributed by atoms with van der Waals surface area (Å²) in [4.78, 5) is 14.5. The number of aromatic nitrogens is 3. The van der Waals surface area contributed by atoms with Crippen LogP contribution in [0.2, 0.25) is 0 Å². The van der Waals surface area contributed by atoms with Crippen LogP contribution in [0.1, 0.15) is 19.8 Å². The fraction of sp³-hybridized carbons (Fsp3) is 0.526. The molecular formula is C19H26N4O2S. The summed E-state index contributed by atoms with van der Waals surface area (Å²) in [6.45, 7) is 5.18. The third kappa shape index (κ3) is 4.65. The van der Waals surface area contributed by atoms with E-state index in [4.69, 9.17) is 4.74 Å². The Morgan fingerprint density at radius 1 is 1.31 bits per heavy atom. The lowest BCUT2D eigenvalue weighted by molar-refractivity contribution is -0.130. The fourth-order valence-electron chi connectivity index (χ4n) is 3.21. The molecule has 0 N–H and O–H groups in total. The molecule has 2 heterocycles. The molecule has 6 nitrogen and oxygen atoms in total. The third-order valence-corrected chi connectivity index (χ3v) is 5.55. The maximum Gasteiger partial charge on any atom is 0.233 e. The second-order valence-corrected chi connectivity index (χ2v) is 7.63. The van der Waals surface area contributed by atoms with E-state index in [2.05, 4.69) is 17.1 Å². The van der Waals surface area contributed by atoms with Gasteiger partial charge in [0.2, 0.25) is 5.91 Å². The molecule has 1 aliphatic rings. The Balaban J connectivity index is 1.70. The zero-order valence-electron chi connectivity index (χ0n) is 15.4. The van der Waals surface area contributed by atoms with E-state index in [0.717, 1.165) is 36.1 Å². The second kappa shape index (κ2) is 9.19.